The molecular formula is C31H30N4O7S. The molecule has 1 aromatic heterocycles. The third kappa shape index (κ3) is 4.24. The molecule has 2 aromatic carbocycles. The molecule has 0 bridgehead atoms. The van der Waals surface area contributed by atoms with E-state index < -0.39 is 58.0 Å². The van der Waals surface area contributed by atoms with Crippen molar-refractivity contribution in [2.24, 2.45) is 17.6 Å². The molecule has 7 N–H and O–H groups in total. The second-order valence-electron chi connectivity index (χ2n) is 11.5. The first-order valence-corrected chi connectivity index (χ1v) is 14.5. The molecule has 3 aliphatic carbocycles. The molecular weight excluding hydrogens is 572 g/mol. The number of primary amides is 1. The van der Waals surface area contributed by atoms with E-state index in [2.05, 4.69) is 5.32 Å². The Morgan fingerprint density at radius 1 is 1.16 bits per heavy atom. The van der Waals surface area contributed by atoms with Crippen LogP contribution in [-0.4, -0.2) is 73.5 Å². The largest absolute Gasteiger partial charge is 0.508 e. The first-order valence-electron chi connectivity index (χ1n) is 13.6. The van der Waals surface area contributed by atoms with Crippen LogP contribution in [-0.2, 0) is 20.8 Å². The standard InChI is InChI=1S/C31H30N4O7S/c1-13-5-4-6-14(9-13)19-12-43-30(34-19)33-18-7-8-20(36)22-16(18)10-15-11-17-24(35(2)3)26(38)23(29(32)41)28(40)31(17,42)27(39)21(15)25(22)37/h4-9,12,15,17,24,36-37,40,42H,10-11H2,1-3H3,(H2,32,41)(H,33,34)/t15-,17-,24-,31-/m0/s1. The molecule has 1 heterocycles. The van der Waals surface area contributed by atoms with Gasteiger partial charge in [0.1, 0.15) is 22.8 Å². The predicted molar refractivity (Wildman–Crippen MR) is 160 cm³/mol. The van der Waals surface area contributed by atoms with Gasteiger partial charge in [-0.2, -0.15) is 0 Å². The number of fused-ring (bicyclic) bond motifs is 3. The zero-order valence-corrected chi connectivity index (χ0v) is 24.4. The van der Waals surface area contributed by atoms with Crippen LogP contribution in [0.1, 0.15) is 23.1 Å². The fraction of sp³-hybridized carbons (Fsp3) is 0.290. The molecule has 43 heavy (non-hydrogen) atoms. The van der Waals surface area contributed by atoms with Gasteiger partial charge in [0.05, 0.1) is 17.3 Å². The Hall–Kier alpha value is -4.52. The first-order chi connectivity index (χ1) is 20.3. The van der Waals surface area contributed by atoms with Crippen molar-refractivity contribution in [2.75, 3.05) is 19.4 Å². The second kappa shape index (κ2) is 10.0. The summed E-state index contributed by atoms with van der Waals surface area (Å²) in [5, 5.41) is 50.8. The Labute approximate surface area is 250 Å². The molecule has 1 amide bonds. The van der Waals surface area contributed by atoms with Gasteiger partial charge in [-0.3, -0.25) is 19.3 Å². The van der Waals surface area contributed by atoms with Crippen molar-refractivity contribution in [2.45, 2.75) is 31.4 Å². The Morgan fingerprint density at radius 2 is 1.91 bits per heavy atom. The van der Waals surface area contributed by atoms with E-state index >= 15 is 0 Å². The van der Waals surface area contributed by atoms with E-state index in [1.807, 2.05) is 36.6 Å². The average molecular weight is 603 g/mol. The van der Waals surface area contributed by atoms with Gasteiger partial charge >= 0.3 is 0 Å². The molecule has 0 radical (unpaired) electrons. The summed E-state index contributed by atoms with van der Waals surface area (Å²) in [5.74, 6) is -6.88. The first kappa shape index (κ1) is 28.6. The number of benzene rings is 2. The molecule has 12 heteroatoms. The molecule has 0 saturated heterocycles. The van der Waals surface area contributed by atoms with Gasteiger partial charge in [-0.15, -0.1) is 11.3 Å². The number of nitrogens with two attached hydrogens (primary N) is 1. The number of likely N-dealkylation sites (N-methyl/N-ethyl adjacent to an activating group) is 1. The lowest BCUT2D eigenvalue weighted by Gasteiger charge is -2.50. The van der Waals surface area contributed by atoms with Crippen molar-refractivity contribution in [1.29, 1.82) is 0 Å². The summed E-state index contributed by atoms with van der Waals surface area (Å²) >= 11 is 1.38. The number of nitrogens with one attached hydrogen (secondary N) is 1. The molecule has 3 aromatic rings. The van der Waals surface area contributed by atoms with Crippen LogP contribution in [0.25, 0.3) is 17.0 Å². The summed E-state index contributed by atoms with van der Waals surface area (Å²) in [5.41, 5.74) is 5.60. The van der Waals surface area contributed by atoms with Crippen molar-refractivity contribution in [1.82, 2.24) is 9.88 Å². The number of thiazole rings is 1. The highest BCUT2D eigenvalue weighted by molar-refractivity contribution is 7.14. The van der Waals surface area contributed by atoms with Crippen molar-refractivity contribution in [3.05, 3.63) is 75.4 Å². The maximum atomic E-state index is 14.0. The number of carbonyl (C=O) groups excluding carboxylic acids is 3. The van der Waals surface area contributed by atoms with Gasteiger partial charge in [0, 0.05) is 28.1 Å². The number of aliphatic hydroxyl groups is 3. The zero-order valence-electron chi connectivity index (χ0n) is 23.6. The van der Waals surface area contributed by atoms with Crippen LogP contribution >= 0.6 is 11.3 Å². The number of aryl methyl sites for hydroxylation is 1. The molecule has 222 valence electrons. The number of aliphatic hydroxyl groups excluding tert-OH is 2. The molecule has 4 atom stereocenters. The summed E-state index contributed by atoms with van der Waals surface area (Å²) in [6, 6.07) is 9.84. The van der Waals surface area contributed by atoms with Crippen LogP contribution < -0.4 is 11.1 Å². The number of amides is 1. The molecule has 0 unspecified atom stereocenters. The van der Waals surface area contributed by atoms with E-state index in [-0.39, 0.29) is 29.7 Å². The Bertz CT molecular complexity index is 1790. The molecule has 6 rings (SSSR count). The number of rotatable bonds is 5. The zero-order chi connectivity index (χ0) is 31.0. The van der Waals surface area contributed by atoms with Crippen LogP contribution in [0.3, 0.4) is 0 Å². The fourth-order valence-electron chi connectivity index (χ4n) is 6.74. The molecule has 11 nitrogen and oxygen atoms in total. The number of hydrogen-bond donors (Lipinski definition) is 6. The monoisotopic (exact) mass is 602 g/mol. The number of ketones is 2. The third-order valence-corrected chi connectivity index (χ3v) is 9.42. The number of nitrogens with zero attached hydrogens (tertiary/aromatic N) is 2. The highest BCUT2D eigenvalue weighted by atomic mass is 32.1. The van der Waals surface area contributed by atoms with E-state index in [0.717, 1.165) is 16.8 Å². The average Bonchev–Trinajstić information content (AvgIpc) is 3.40. The summed E-state index contributed by atoms with van der Waals surface area (Å²) in [6.45, 7) is 2.00. The maximum Gasteiger partial charge on any atom is 0.255 e. The summed E-state index contributed by atoms with van der Waals surface area (Å²) in [4.78, 5) is 45.6. The maximum absolute atomic E-state index is 14.0. The lowest BCUT2D eigenvalue weighted by atomic mass is 9.57. The Kier molecular flexibility index (Phi) is 6.68. The number of carbonyl (C=O) groups is 3. The SMILES string of the molecule is Cc1cccc(-c2csc(Nc3ccc(O)c4c3C[C@H]3C[C@H]5[C@H](N(C)C)C(=O)C(C(N)=O)=C(O)[C@@]5(O)C(=O)C3=C4O)n2)c1. The van der Waals surface area contributed by atoms with E-state index in [1.165, 1.54) is 22.3 Å². The van der Waals surface area contributed by atoms with Crippen LogP contribution in [0, 0.1) is 18.8 Å². The molecule has 3 aliphatic rings. The van der Waals surface area contributed by atoms with Gasteiger partial charge in [-0.25, -0.2) is 4.98 Å². The lowest BCUT2D eigenvalue weighted by molar-refractivity contribution is -0.153. The van der Waals surface area contributed by atoms with Gasteiger partial charge < -0.3 is 31.5 Å². The van der Waals surface area contributed by atoms with Crippen LogP contribution in [0.2, 0.25) is 0 Å². The lowest BCUT2D eigenvalue weighted by Crippen LogP contribution is -2.65. The van der Waals surface area contributed by atoms with E-state index in [1.54, 1.807) is 20.2 Å². The summed E-state index contributed by atoms with van der Waals surface area (Å²) < 4.78 is 0. The van der Waals surface area contributed by atoms with Gasteiger partial charge in [0.2, 0.25) is 5.78 Å². The molecule has 1 saturated carbocycles. The number of Topliss-reactive ketones (excluding diaryl/α,β-unsaturated/α-hetero) is 2. The van der Waals surface area contributed by atoms with E-state index in [0.29, 0.717) is 16.4 Å². The minimum atomic E-state index is -2.68. The summed E-state index contributed by atoms with van der Waals surface area (Å²) in [6.07, 6.45) is 0.178. The number of phenols is 1. The van der Waals surface area contributed by atoms with Gasteiger partial charge in [0.25, 0.3) is 5.91 Å². The van der Waals surface area contributed by atoms with Gasteiger partial charge in [-0.05, 0) is 63.5 Å². The van der Waals surface area contributed by atoms with Crippen molar-refractivity contribution >= 4 is 45.4 Å². The van der Waals surface area contributed by atoms with Gasteiger partial charge in [-0.1, -0.05) is 23.8 Å². The molecule has 0 aliphatic heterocycles. The number of anilines is 2. The third-order valence-electron chi connectivity index (χ3n) is 8.66. The fourth-order valence-corrected chi connectivity index (χ4v) is 7.48. The van der Waals surface area contributed by atoms with E-state index in [9.17, 15) is 34.8 Å². The normalized spacial score (nSPS) is 25.0. The van der Waals surface area contributed by atoms with Crippen molar-refractivity contribution in [3.8, 4) is 17.0 Å². The number of aromatic hydroxyl groups is 1. The molecule has 0 spiro atoms. The highest BCUT2D eigenvalue weighted by Gasteiger charge is 2.64. The van der Waals surface area contributed by atoms with Gasteiger partial charge in [0.15, 0.2) is 16.5 Å². The number of hydrogen-bond acceptors (Lipinski definition) is 11. The predicted octanol–water partition coefficient (Wildman–Crippen LogP) is 3.14. The highest BCUT2D eigenvalue weighted by Crippen LogP contribution is 2.53. The number of phenolic OH excluding ortho intramolecular Hbond substituents is 1. The van der Waals surface area contributed by atoms with E-state index in [4.69, 9.17) is 10.7 Å². The van der Waals surface area contributed by atoms with Crippen molar-refractivity contribution in [3.63, 3.8) is 0 Å². The minimum Gasteiger partial charge on any atom is -0.508 e. The van der Waals surface area contributed by atoms with Crippen LogP contribution in [0.4, 0.5) is 10.8 Å². The minimum absolute atomic E-state index is 0.00954. The number of aromatic nitrogens is 1. The Balaban J connectivity index is 1.44. The van der Waals surface area contributed by atoms with Crippen molar-refractivity contribution < 1.29 is 34.8 Å². The smallest absolute Gasteiger partial charge is 0.255 e. The molecule has 1 fully saturated rings. The van der Waals surface area contributed by atoms with Crippen LogP contribution in [0.15, 0.2) is 58.7 Å². The second-order valence-corrected chi connectivity index (χ2v) is 12.3. The Morgan fingerprint density at radius 3 is 2.58 bits per heavy atom. The van der Waals surface area contributed by atoms with Crippen LogP contribution in [0.5, 0.6) is 5.75 Å². The topological polar surface area (TPSA) is 186 Å². The summed E-state index contributed by atoms with van der Waals surface area (Å²) in [7, 11) is 3.12. The quantitative estimate of drug-likeness (QED) is 0.187.